The molecule has 0 atom stereocenters. The van der Waals surface area contributed by atoms with Gasteiger partial charge < -0.3 is 24.8 Å². The second-order valence-corrected chi connectivity index (χ2v) is 5.54. The minimum atomic E-state index is -0.327. The van der Waals surface area contributed by atoms with E-state index in [-0.39, 0.29) is 12.6 Å². The Hall–Kier alpha value is -2.60. The van der Waals surface area contributed by atoms with Crippen molar-refractivity contribution in [1.82, 2.24) is 5.32 Å². The summed E-state index contributed by atoms with van der Waals surface area (Å²) >= 11 is 6.03. The lowest BCUT2D eigenvalue weighted by Gasteiger charge is -2.14. The molecule has 134 valence electrons. The van der Waals surface area contributed by atoms with Crippen molar-refractivity contribution < 1.29 is 19.0 Å². The van der Waals surface area contributed by atoms with E-state index in [4.69, 9.17) is 25.8 Å². The van der Waals surface area contributed by atoms with Gasteiger partial charge in [0.25, 0.3) is 0 Å². The quantitative estimate of drug-likeness (QED) is 0.732. The van der Waals surface area contributed by atoms with E-state index in [9.17, 15) is 4.79 Å². The zero-order valence-electron chi connectivity index (χ0n) is 14.4. The number of amides is 2. The van der Waals surface area contributed by atoms with Gasteiger partial charge in [-0.1, -0.05) is 23.7 Å². The summed E-state index contributed by atoms with van der Waals surface area (Å²) in [4.78, 5) is 11.9. The molecule has 25 heavy (non-hydrogen) atoms. The number of halogens is 1. The molecule has 0 aromatic heterocycles. The van der Waals surface area contributed by atoms with E-state index in [1.54, 1.807) is 50.6 Å². The number of methoxy groups -OCH3 is 2. The Balaban J connectivity index is 1.83. The molecular formula is C18H21ClN2O4. The third-order valence-corrected chi connectivity index (χ3v) is 3.94. The number of hydrogen-bond donors (Lipinski definition) is 2. The largest absolute Gasteiger partial charge is 0.493 e. The summed E-state index contributed by atoms with van der Waals surface area (Å²) in [5.74, 6) is 1.65. The second-order valence-electron chi connectivity index (χ2n) is 5.13. The molecule has 2 N–H and O–H groups in total. The lowest BCUT2D eigenvalue weighted by molar-refractivity contribution is 0.245. The molecule has 0 radical (unpaired) electrons. The van der Waals surface area contributed by atoms with Crippen LogP contribution in [0.4, 0.5) is 10.5 Å². The molecule has 0 aliphatic carbocycles. The molecule has 2 aromatic rings. The number of para-hydroxylation sites is 1. The molecule has 0 bridgehead atoms. The van der Waals surface area contributed by atoms with E-state index < -0.39 is 0 Å². The van der Waals surface area contributed by atoms with E-state index in [1.807, 2.05) is 6.92 Å². The molecule has 0 saturated carbocycles. The maximum absolute atomic E-state index is 11.9. The highest BCUT2D eigenvalue weighted by atomic mass is 35.5. The van der Waals surface area contributed by atoms with Crippen molar-refractivity contribution in [2.75, 3.05) is 32.7 Å². The number of anilines is 1. The van der Waals surface area contributed by atoms with Gasteiger partial charge in [-0.3, -0.25) is 0 Å². The van der Waals surface area contributed by atoms with Gasteiger partial charge in [0.15, 0.2) is 11.5 Å². The van der Waals surface area contributed by atoms with Crippen LogP contribution in [0.1, 0.15) is 5.56 Å². The highest BCUT2D eigenvalue weighted by molar-refractivity contribution is 6.31. The van der Waals surface area contributed by atoms with Gasteiger partial charge in [0.05, 0.1) is 20.8 Å². The number of benzene rings is 2. The molecule has 0 heterocycles. The van der Waals surface area contributed by atoms with Crippen LogP contribution in [0.25, 0.3) is 0 Å². The number of carbonyl (C=O) groups excluding carboxylic acids is 1. The van der Waals surface area contributed by atoms with Crippen LogP contribution in [0.15, 0.2) is 36.4 Å². The van der Waals surface area contributed by atoms with Crippen molar-refractivity contribution in [2.24, 2.45) is 0 Å². The lowest BCUT2D eigenvalue weighted by atomic mass is 10.2. The van der Waals surface area contributed by atoms with E-state index in [2.05, 4.69) is 10.6 Å². The molecule has 2 rings (SSSR count). The molecule has 6 nitrogen and oxygen atoms in total. The van der Waals surface area contributed by atoms with Crippen molar-refractivity contribution >= 4 is 23.3 Å². The Labute approximate surface area is 152 Å². The third kappa shape index (κ3) is 4.93. The van der Waals surface area contributed by atoms with Crippen molar-refractivity contribution in [3.8, 4) is 17.2 Å². The van der Waals surface area contributed by atoms with Crippen LogP contribution in [-0.2, 0) is 0 Å². The third-order valence-electron chi connectivity index (χ3n) is 3.53. The number of rotatable bonds is 7. The number of carbonyl (C=O) groups is 1. The summed E-state index contributed by atoms with van der Waals surface area (Å²) in [6, 6.07) is 10.4. The molecule has 7 heteroatoms. The van der Waals surface area contributed by atoms with E-state index >= 15 is 0 Å². The van der Waals surface area contributed by atoms with Gasteiger partial charge in [0, 0.05) is 10.7 Å². The molecule has 0 saturated heterocycles. The van der Waals surface area contributed by atoms with Crippen molar-refractivity contribution in [3.05, 3.63) is 47.0 Å². The van der Waals surface area contributed by atoms with Crippen LogP contribution in [0, 0.1) is 6.92 Å². The Morgan fingerprint density at radius 3 is 2.52 bits per heavy atom. The Morgan fingerprint density at radius 2 is 1.80 bits per heavy atom. The van der Waals surface area contributed by atoms with E-state index in [0.29, 0.717) is 34.5 Å². The number of nitrogens with one attached hydrogen (secondary N) is 2. The number of hydrogen-bond acceptors (Lipinski definition) is 4. The minimum absolute atomic E-state index is 0.283. The minimum Gasteiger partial charge on any atom is -0.493 e. The number of ether oxygens (including phenoxy) is 3. The molecule has 0 aliphatic heterocycles. The summed E-state index contributed by atoms with van der Waals surface area (Å²) in [5, 5.41) is 6.08. The van der Waals surface area contributed by atoms with Crippen molar-refractivity contribution in [2.45, 2.75) is 6.92 Å². The van der Waals surface area contributed by atoms with Gasteiger partial charge in [0.1, 0.15) is 6.61 Å². The van der Waals surface area contributed by atoms with Gasteiger partial charge in [-0.15, -0.1) is 0 Å². The summed E-state index contributed by atoms with van der Waals surface area (Å²) in [6.07, 6.45) is 0. The molecule has 0 aliphatic rings. The topological polar surface area (TPSA) is 68.8 Å². The first-order valence-corrected chi connectivity index (χ1v) is 8.08. The molecule has 0 unspecified atom stereocenters. The van der Waals surface area contributed by atoms with Crippen LogP contribution in [-0.4, -0.2) is 33.4 Å². The van der Waals surface area contributed by atoms with Gasteiger partial charge in [-0.05, 0) is 36.8 Å². The average molecular weight is 365 g/mol. The molecule has 2 aromatic carbocycles. The van der Waals surface area contributed by atoms with Crippen LogP contribution >= 0.6 is 11.6 Å². The zero-order valence-corrected chi connectivity index (χ0v) is 15.1. The highest BCUT2D eigenvalue weighted by Crippen LogP contribution is 2.36. The Bertz CT molecular complexity index is 737. The van der Waals surface area contributed by atoms with Gasteiger partial charge >= 0.3 is 6.03 Å². The van der Waals surface area contributed by atoms with Crippen LogP contribution in [0.5, 0.6) is 17.2 Å². The number of urea groups is 1. The smallest absolute Gasteiger partial charge is 0.319 e. The SMILES string of the molecule is COc1cccc(OCCNC(=O)Nc2cccc(Cl)c2C)c1OC. The first-order chi connectivity index (χ1) is 12.1. The highest BCUT2D eigenvalue weighted by Gasteiger charge is 2.11. The predicted octanol–water partition coefficient (Wildman–Crippen LogP) is 3.87. The molecule has 0 spiro atoms. The van der Waals surface area contributed by atoms with Gasteiger partial charge in [-0.25, -0.2) is 4.79 Å². The fraction of sp³-hybridized carbons (Fsp3) is 0.278. The Morgan fingerprint density at radius 1 is 1.08 bits per heavy atom. The summed E-state index contributed by atoms with van der Waals surface area (Å²) in [5.41, 5.74) is 1.48. The fourth-order valence-electron chi connectivity index (χ4n) is 2.21. The van der Waals surface area contributed by atoms with Crippen LogP contribution in [0.2, 0.25) is 5.02 Å². The first kappa shape index (κ1) is 18.7. The van der Waals surface area contributed by atoms with Crippen molar-refractivity contribution in [1.29, 1.82) is 0 Å². The van der Waals surface area contributed by atoms with Gasteiger partial charge in [-0.2, -0.15) is 0 Å². The fourth-order valence-corrected chi connectivity index (χ4v) is 2.38. The second kappa shape index (κ2) is 9.03. The maximum atomic E-state index is 11.9. The Kier molecular flexibility index (Phi) is 6.77. The maximum Gasteiger partial charge on any atom is 0.319 e. The molecular weight excluding hydrogens is 344 g/mol. The van der Waals surface area contributed by atoms with Gasteiger partial charge in [0.2, 0.25) is 5.75 Å². The summed E-state index contributed by atoms with van der Waals surface area (Å²) in [6.45, 7) is 2.45. The van der Waals surface area contributed by atoms with E-state index in [1.165, 1.54) is 0 Å². The van der Waals surface area contributed by atoms with Crippen molar-refractivity contribution in [3.63, 3.8) is 0 Å². The first-order valence-electron chi connectivity index (χ1n) is 7.70. The average Bonchev–Trinajstić information content (AvgIpc) is 2.62. The monoisotopic (exact) mass is 364 g/mol. The molecule has 2 amide bonds. The van der Waals surface area contributed by atoms with Crippen LogP contribution < -0.4 is 24.8 Å². The molecule has 0 fully saturated rings. The van der Waals surface area contributed by atoms with Crippen LogP contribution in [0.3, 0.4) is 0 Å². The lowest BCUT2D eigenvalue weighted by Crippen LogP contribution is -2.32. The zero-order chi connectivity index (χ0) is 18.2. The predicted molar refractivity (Wildman–Crippen MR) is 98.3 cm³/mol. The summed E-state index contributed by atoms with van der Waals surface area (Å²) in [7, 11) is 3.11. The van der Waals surface area contributed by atoms with E-state index in [0.717, 1.165) is 5.56 Å². The summed E-state index contributed by atoms with van der Waals surface area (Å²) < 4.78 is 16.1. The normalized spacial score (nSPS) is 10.1. The standard InChI is InChI=1S/C18H21ClN2O4/c1-12-13(19)6-4-7-14(12)21-18(22)20-10-11-25-16-9-5-8-15(23-2)17(16)24-3/h4-9H,10-11H2,1-3H3,(H2,20,21,22).